The summed E-state index contributed by atoms with van der Waals surface area (Å²) in [6.07, 6.45) is 5.78. The van der Waals surface area contributed by atoms with E-state index >= 15 is 0 Å². The van der Waals surface area contributed by atoms with Gasteiger partial charge in [-0.1, -0.05) is 25.0 Å². The molecule has 3 N–H and O–H groups in total. The molecular weight excluding hydrogens is 340 g/mol. The van der Waals surface area contributed by atoms with Crippen LogP contribution < -0.4 is 10.5 Å². The molecule has 3 rings (SSSR count). The summed E-state index contributed by atoms with van der Waals surface area (Å²) in [6, 6.07) is 6.32. The van der Waals surface area contributed by atoms with E-state index in [4.69, 9.17) is 10.5 Å². The van der Waals surface area contributed by atoms with E-state index in [0.717, 1.165) is 44.1 Å². The first-order valence-corrected chi connectivity index (χ1v) is 10.3. The second kappa shape index (κ2) is 7.05. The lowest BCUT2D eigenvalue weighted by atomic mass is 9.96. The highest BCUT2D eigenvalue weighted by Gasteiger charge is 2.52. The Balaban J connectivity index is 1.75. The Morgan fingerprint density at radius 2 is 1.88 bits per heavy atom. The maximum atomic E-state index is 12.7. The summed E-state index contributed by atoms with van der Waals surface area (Å²) >= 11 is 0. The van der Waals surface area contributed by atoms with Crippen LogP contribution in [0.1, 0.15) is 44.1 Å². The van der Waals surface area contributed by atoms with E-state index in [1.165, 1.54) is 7.11 Å². The number of hydrogen-bond acceptors (Lipinski definition) is 5. The maximum Gasteiger partial charge on any atom is 0.316 e. The highest BCUT2D eigenvalue weighted by molar-refractivity contribution is 7.89. The van der Waals surface area contributed by atoms with Gasteiger partial charge in [0.15, 0.2) is 0 Å². The van der Waals surface area contributed by atoms with E-state index in [1.807, 2.05) is 0 Å². The first-order valence-electron chi connectivity index (χ1n) is 8.84. The van der Waals surface area contributed by atoms with Crippen LogP contribution in [-0.2, 0) is 25.0 Å². The van der Waals surface area contributed by atoms with Crippen LogP contribution in [0, 0.1) is 5.92 Å². The molecule has 2 fully saturated rings. The molecule has 7 heteroatoms. The van der Waals surface area contributed by atoms with Crippen molar-refractivity contribution in [3.63, 3.8) is 0 Å². The molecule has 1 unspecified atom stereocenters. The Morgan fingerprint density at radius 3 is 2.36 bits per heavy atom. The molecule has 0 spiro atoms. The molecule has 0 amide bonds. The fourth-order valence-electron chi connectivity index (χ4n) is 3.85. The second-order valence-corrected chi connectivity index (χ2v) is 8.82. The van der Waals surface area contributed by atoms with E-state index in [-0.39, 0.29) is 16.9 Å². The lowest BCUT2D eigenvalue weighted by Crippen LogP contribution is -2.44. The van der Waals surface area contributed by atoms with Crippen molar-refractivity contribution in [3.05, 3.63) is 29.8 Å². The number of esters is 1. The molecule has 1 atom stereocenters. The molecule has 0 aromatic heterocycles. The summed E-state index contributed by atoms with van der Waals surface area (Å²) in [4.78, 5) is 12.1. The fraction of sp³-hybridized carbons (Fsp3) is 0.611. The minimum absolute atomic E-state index is 0.202. The molecule has 2 saturated carbocycles. The number of nitrogens with two attached hydrogens (primary N) is 1. The van der Waals surface area contributed by atoms with Gasteiger partial charge in [0.25, 0.3) is 0 Å². The van der Waals surface area contributed by atoms with Gasteiger partial charge in [0.05, 0.1) is 17.4 Å². The summed E-state index contributed by atoms with van der Waals surface area (Å²) in [7, 11) is -2.25. The first kappa shape index (κ1) is 18.4. The molecule has 138 valence electrons. The number of nitrogens with one attached hydrogen (secondary N) is 1. The molecular formula is C18H26N2O4S. The summed E-state index contributed by atoms with van der Waals surface area (Å²) in [5, 5.41) is 0. The third-order valence-electron chi connectivity index (χ3n) is 5.57. The predicted molar refractivity (Wildman–Crippen MR) is 94.5 cm³/mol. The molecule has 6 nitrogen and oxygen atoms in total. The molecule has 2 aliphatic carbocycles. The van der Waals surface area contributed by atoms with Gasteiger partial charge in [-0.15, -0.1) is 0 Å². The Morgan fingerprint density at radius 1 is 1.28 bits per heavy atom. The number of rotatable bonds is 7. The van der Waals surface area contributed by atoms with E-state index < -0.39 is 15.4 Å². The van der Waals surface area contributed by atoms with Crippen molar-refractivity contribution in [2.24, 2.45) is 11.7 Å². The normalized spacial score (nSPS) is 21.0. The number of carbonyl (C=O) groups is 1. The van der Waals surface area contributed by atoms with Crippen LogP contribution in [0.15, 0.2) is 29.2 Å². The first-order chi connectivity index (χ1) is 11.9. The number of carbonyl (C=O) groups excluding carboxylic acids is 1. The predicted octanol–water partition coefficient (Wildman–Crippen LogP) is 1.69. The maximum absolute atomic E-state index is 12.7. The van der Waals surface area contributed by atoms with Crippen molar-refractivity contribution in [2.45, 2.75) is 54.9 Å². The summed E-state index contributed by atoms with van der Waals surface area (Å²) < 4.78 is 33.0. The largest absolute Gasteiger partial charge is 0.468 e. The van der Waals surface area contributed by atoms with Crippen molar-refractivity contribution in [1.82, 2.24) is 4.72 Å². The number of methoxy groups -OCH3 is 1. The SMILES string of the molecule is COC(=O)C1(c2ccc(S(=O)(=O)NC(CN)C3CCCC3)cc2)CC1. The van der Waals surface area contributed by atoms with E-state index in [1.54, 1.807) is 24.3 Å². The third-order valence-corrected chi connectivity index (χ3v) is 7.08. The number of sulfonamides is 1. The summed E-state index contributed by atoms with van der Waals surface area (Å²) in [5.41, 5.74) is 6.02. The van der Waals surface area contributed by atoms with Crippen molar-refractivity contribution >= 4 is 16.0 Å². The van der Waals surface area contributed by atoms with Gasteiger partial charge in [0, 0.05) is 12.6 Å². The zero-order chi connectivity index (χ0) is 18.1. The van der Waals surface area contributed by atoms with Crippen LogP contribution in [0.5, 0.6) is 0 Å². The molecule has 0 saturated heterocycles. The Hall–Kier alpha value is -1.44. The van der Waals surface area contributed by atoms with E-state index in [9.17, 15) is 13.2 Å². The molecule has 1 aromatic carbocycles. The molecule has 2 aliphatic rings. The highest BCUT2D eigenvalue weighted by Crippen LogP contribution is 2.49. The molecule has 0 aliphatic heterocycles. The van der Waals surface area contributed by atoms with Crippen molar-refractivity contribution < 1.29 is 17.9 Å². The topological polar surface area (TPSA) is 98.5 Å². The standard InChI is InChI=1S/C18H26N2O4S/c1-24-17(21)18(10-11-18)14-6-8-15(9-7-14)25(22,23)20-16(12-19)13-4-2-3-5-13/h6-9,13,16,20H,2-5,10-12,19H2,1H3. The molecule has 0 heterocycles. The molecule has 0 bridgehead atoms. The van der Waals surface area contributed by atoms with Gasteiger partial charge in [-0.05, 0) is 49.3 Å². The van der Waals surface area contributed by atoms with Gasteiger partial charge >= 0.3 is 5.97 Å². The number of benzene rings is 1. The monoisotopic (exact) mass is 366 g/mol. The highest BCUT2D eigenvalue weighted by atomic mass is 32.2. The molecule has 25 heavy (non-hydrogen) atoms. The van der Waals surface area contributed by atoms with Gasteiger partial charge in [0.2, 0.25) is 10.0 Å². The van der Waals surface area contributed by atoms with Crippen molar-refractivity contribution in [1.29, 1.82) is 0 Å². The van der Waals surface area contributed by atoms with Crippen molar-refractivity contribution in [3.8, 4) is 0 Å². The minimum atomic E-state index is -3.62. The summed E-state index contributed by atoms with van der Waals surface area (Å²) in [6.45, 7) is 0.299. The minimum Gasteiger partial charge on any atom is -0.468 e. The van der Waals surface area contributed by atoms with Gasteiger partial charge in [-0.3, -0.25) is 4.79 Å². The zero-order valence-electron chi connectivity index (χ0n) is 14.5. The number of hydrogen-bond donors (Lipinski definition) is 2. The number of ether oxygens (including phenoxy) is 1. The van der Waals surface area contributed by atoms with Crippen LogP contribution in [-0.4, -0.2) is 34.1 Å². The van der Waals surface area contributed by atoms with Crippen molar-refractivity contribution in [2.75, 3.05) is 13.7 Å². The van der Waals surface area contributed by atoms with E-state index in [2.05, 4.69) is 4.72 Å². The van der Waals surface area contributed by atoms with Crippen LogP contribution in [0.25, 0.3) is 0 Å². The molecule has 0 radical (unpaired) electrons. The Bertz CT molecular complexity index is 720. The quantitative estimate of drug-likeness (QED) is 0.716. The van der Waals surface area contributed by atoms with Gasteiger partial charge in [-0.2, -0.15) is 0 Å². The third kappa shape index (κ3) is 3.59. The van der Waals surface area contributed by atoms with Crippen LogP contribution in [0.2, 0.25) is 0 Å². The van der Waals surface area contributed by atoms with Gasteiger partial charge < -0.3 is 10.5 Å². The van der Waals surface area contributed by atoms with Gasteiger partial charge in [-0.25, -0.2) is 13.1 Å². The average molecular weight is 366 g/mol. The van der Waals surface area contributed by atoms with Crippen LogP contribution in [0.4, 0.5) is 0 Å². The summed E-state index contributed by atoms with van der Waals surface area (Å²) in [5.74, 6) is 0.0544. The second-order valence-electron chi connectivity index (χ2n) is 7.11. The molecule has 1 aromatic rings. The van der Waals surface area contributed by atoms with Crippen LogP contribution in [0.3, 0.4) is 0 Å². The average Bonchev–Trinajstić information content (AvgIpc) is 3.26. The zero-order valence-corrected chi connectivity index (χ0v) is 15.3. The fourth-order valence-corrected chi connectivity index (χ4v) is 5.17. The Kier molecular flexibility index (Phi) is 5.18. The van der Waals surface area contributed by atoms with Crippen LogP contribution >= 0.6 is 0 Å². The smallest absolute Gasteiger partial charge is 0.316 e. The Labute approximate surface area is 149 Å². The van der Waals surface area contributed by atoms with E-state index in [0.29, 0.717) is 12.5 Å². The lowest BCUT2D eigenvalue weighted by Gasteiger charge is -2.23. The van der Waals surface area contributed by atoms with Gasteiger partial charge in [0.1, 0.15) is 0 Å². The lowest BCUT2D eigenvalue weighted by molar-refractivity contribution is -0.143.